The van der Waals surface area contributed by atoms with Crippen LogP contribution in [0, 0.1) is 15.9 Å². The van der Waals surface area contributed by atoms with Crippen LogP contribution >= 0.6 is 0 Å². The maximum absolute atomic E-state index is 13.3. The van der Waals surface area contributed by atoms with E-state index in [0.29, 0.717) is 5.56 Å². The lowest BCUT2D eigenvalue weighted by Crippen LogP contribution is -2.07. The van der Waals surface area contributed by atoms with E-state index in [9.17, 15) is 22.9 Å². The molecule has 0 atom stereocenters. The highest BCUT2D eigenvalue weighted by Crippen LogP contribution is 2.32. The minimum Gasteiger partial charge on any atom is -0.505 e. The molecule has 0 fully saturated rings. The van der Waals surface area contributed by atoms with Crippen LogP contribution in [0.2, 0.25) is 0 Å². The molecule has 0 aromatic heterocycles. The van der Waals surface area contributed by atoms with Crippen molar-refractivity contribution in [3.05, 3.63) is 57.9 Å². The molecule has 2 rings (SSSR count). The number of aromatic hydroxyl groups is 1. The van der Waals surface area contributed by atoms with Gasteiger partial charge in [-0.2, -0.15) is 0 Å². The average molecular weight is 340 g/mol. The lowest BCUT2D eigenvalue weighted by molar-refractivity contribution is -0.386. The minimum atomic E-state index is -3.77. The van der Waals surface area contributed by atoms with E-state index >= 15 is 0 Å². The van der Waals surface area contributed by atoms with Crippen molar-refractivity contribution in [3.63, 3.8) is 0 Å². The van der Waals surface area contributed by atoms with Crippen molar-refractivity contribution in [1.29, 1.82) is 0 Å². The summed E-state index contributed by atoms with van der Waals surface area (Å²) in [6, 6.07) is 7.57. The van der Waals surface area contributed by atoms with E-state index in [1.54, 1.807) is 0 Å². The summed E-state index contributed by atoms with van der Waals surface area (Å²) in [4.78, 5) is 10.0. The number of hydrogen-bond acceptors (Lipinski definition) is 6. The van der Waals surface area contributed by atoms with Gasteiger partial charge in [0.2, 0.25) is 0 Å². The van der Waals surface area contributed by atoms with Gasteiger partial charge in [-0.05, 0) is 29.8 Å². The van der Waals surface area contributed by atoms with Crippen molar-refractivity contribution < 1.29 is 22.8 Å². The number of benzene rings is 2. The molecule has 2 aromatic carbocycles. The molecule has 0 saturated heterocycles. The molecule has 9 heteroatoms. The first kappa shape index (κ1) is 16.7. The Labute approximate surface area is 131 Å². The Morgan fingerprint density at radius 1 is 1.30 bits per heavy atom. The second kappa shape index (κ2) is 6.21. The Hall–Kier alpha value is -2.68. The molecule has 0 aliphatic rings. The number of nitro benzene ring substituents is 1. The molecular formula is C14H13FN2O5S. The van der Waals surface area contributed by atoms with Gasteiger partial charge >= 0.3 is 5.69 Å². The number of nitrogens with one attached hydrogen (secondary N) is 1. The predicted molar refractivity (Wildman–Crippen MR) is 81.6 cm³/mol. The molecule has 0 aliphatic heterocycles. The number of anilines is 1. The summed E-state index contributed by atoms with van der Waals surface area (Å²) >= 11 is 0. The third kappa shape index (κ3) is 3.75. The maximum atomic E-state index is 13.3. The Kier molecular flexibility index (Phi) is 4.50. The van der Waals surface area contributed by atoms with E-state index in [0.717, 1.165) is 24.5 Å². The molecule has 122 valence electrons. The first-order valence-corrected chi connectivity index (χ1v) is 8.28. The van der Waals surface area contributed by atoms with E-state index in [1.165, 1.54) is 18.2 Å². The quantitative estimate of drug-likeness (QED) is 0.639. The van der Waals surface area contributed by atoms with Gasteiger partial charge in [0.1, 0.15) is 10.6 Å². The molecule has 0 unspecified atom stereocenters. The number of rotatable bonds is 5. The summed E-state index contributed by atoms with van der Waals surface area (Å²) in [5, 5.41) is 23.0. The van der Waals surface area contributed by atoms with Gasteiger partial charge in [0, 0.05) is 12.8 Å². The highest BCUT2D eigenvalue weighted by Gasteiger charge is 2.25. The van der Waals surface area contributed by atoms with Crippen molar-refractivity contribution in [2.45, 2.75) is 11.4 Å². The van der Waals surface area contributed by atoms with Crippen LogP contribution in [-0.2, 0) is 16.4 Å². The first-order valence-electron chi connectivity index (χ1n) is 6.39. The van der Waals surface area contributed by atoms with E-state index in [4.69, 9.17) is 5.11 Å². The third-order valence-electron chi connectivity index (χ3n) is 3.08. The molecule has 2 N–H and O–H groups in total. The standard InChI is InChI=1S/C14H13FN2O5S/c1-23(21,22)13-4-2-3-11(14(13)17(19)20)16-8-9-5-6-12(18)10(15)7-9/h2-7,16,18H,8H2,1H3. The van der Waals surface area contributed by atoms with Crippen LogP contribution in [0.5, 0.6) is 5.75 Å². The zero-order chi connectivity index (χ0) is 17.2. The minimum absolute atomic E-state index is 0.00593. The highest BCUT2D eigenvalue weighted by molar-refractivity contribution is 7.90. The van der Waals surface area contributed by atoms with Gasteiger partial charge in [0.05, 0.1) is 4.92 Å². The van der Waals surface area contributed by atoms with Gasteiger partial charge in [0.25, 0.3) is 0 Å². The lowest BCUT2D eigenvalue weighted by atomic mass is 10.2. The Morgan fingerprint density at radius 3 is 2.57 bits per heavy atom. The van der Waals surface area contributed by atoms with Gasteiger partial charge in [0.15, 0.2) is 21.4 Å². The molecule has 23 heavy (non-hydrogen) atoms. The van der Waals surface area contributed by atoms with Crippen LogP contribution in [-0.4, -0.2) is 24.7 Å². The molecule has 0 bridgehead atoms. The number of sulfone groups is 1. The van der Waals surface area contributed by atoms with E-state index in [2.05, 4.69) is 5.32 Å². The number of phenolic OH excluding ortho intramolecular Hbond substituents is 1. The summed E-state index contributed by atoms with van der Waals surface area (Å²) in [7, 11) is -3.77. The SMILES string of the molecule is CS(=O)(=O)c1cccc(NCc2ccc(O)c(F)c2)c1[N+](=O)[O-]. The van der Waals surface area contributed by atoms with Crippen molar-refractivity contribution in [2.75, 3.05) is 11.6 Å². The smallest absolute Gasteiger partial charge is 0.310 e. The van der Waals surface area contributed by atoms with Gasteiger partial charge < -0.3 is 10.4 Å². The normalized spacial score (nSPS) is 11.2. The second-order valence-corrected chi connectivity index (χ2v) is 6.81. The van der Waals surface area contributed by atoms with Crippen LogP contribution < -0.4 is 5.32 Å². The molecular weight excluding hydrogens is 327 g/mol. The fourth-order valence-electron chi connectivity index (χ4n) is 2.01. The zero-order valence-electron chi connectivity index (χ0n) is 12.0. The largest absolute Gasteiger partial charge is 0.505 e. The number of hydrogen-bond donors (Lipinski definition) is 2. The lowest BCUT2D eigenvalue weighted by Gasteiger charge is -2.10. The Morgan fingerprint density at radius 2 is 2.00 bits per heavy atom. The highest BCUT2D eigenvalue weighted by atomic mass is 32.2. The molecule has 0 amide bonds. The van der Waals surface area contributed by atoms with Gasteiger partial charge in [-0.25, -0.2) is 12.8 Å². The summed E-state index contributed by atoms with van der Waals surface area (Å²) in [5.74, 6) is -1.32. The first-order chi connectivity index (χ1) is 10.7. The summed E-state index contributed by atoms with van der Waals surface area (Å²) in [5.41, 5.74) is -0.125. The van der Waals surface area contributed by atoms with Gasteiger partial charge in [-0.3, -0.25) is 10.1 Å². The molecule has 7 nitrogen and oxygen atoms in total. The summed E-state index contributed by atoms with van der Waals surface area (Å²) in [6.07, 6.45) is 0.883. The monoisotopic (exact) mass is 340 g/mol. The zero-order valence-corrected chi connectivity index (χ0v) is 12.8. The van der Waals surface area contributed by atoms with Crippen LogP contribution in [0.3, 0.4) is 0 Å². The summed E-state index contributed by atoms with van der Waals surface area (Å²) in [6.45, 7) is 0.0191. The average Bonchev–Trinajstić information content (AvgIpc) is 2.47. The van der Waals surface area contributed by atoms with E-state index in [-0.39, 0.29) is 12.2 Å². The van der Waals surface area contributed by atoms with Crippen molar-refractivity contribution in [3.8, 4) is 5.75 Å². The Balaban J connectivity index is 2.36. The molecule has 2 aromatic rings. The second-order valence-electron chi connectivity index (χ2n) is 4.82. The third-order valence-corrected chi connectivity index (χ3v) is 4.20. The fourth-order valence-corrected chi connectivity index (χ4v) is 2.87. The number of nitro groups is 1. The van der Waals surface area contributed by atoms with Gasteiger partial charge in [-0.15, -0.1) is 0 Å². The summed E-state index contributed by atoms with van der Waals surface area (Å²) < 4.78 is 36.6. The molecule has 0 saturated carbocycles. The predicted octanol–water partition coefficient (Wildman–Crippen LogP) is 2.46. The van der Waals surface area contributed by atoms with Crippen LogP contribution in [0.1, 0.15) is 5.56 Å². The topological polar surface area (TPSA) is 110 Å². The Bertz CT molecular complexity index is 867. The number of halogens is 1. The molecule has 0 aliphatic carbocycles. The van der Waals surface area contributed by atoms with Crippen LogP contribution in [0.25, 0.3) is 0 Å². The van der Waals surface area contributed by atoms with Crippen molar-refractivity contribution >= 4 is 21.2 Å². The number of para-hydroxylation sites is 1. The van der Waals surface area contributed by atoms with Crippen LogP contribution in [0.15, 0.2) is 41.3 Å². The fraction of sp³-hybridized carbons (Fsp3) is 0.143. The molecule has 0 radical (unpaired) electrons. The van der Waals surface area contributed by atoms with Crippen molar-refractivity contribution in [1.82, 2.24) is 0 Å². The van der Waals surface area contributed by atoms with E-state index < -0.39 is 36.9 Å². The maximum Gasteiger partial charge on any atom is 0.310 e. The molecule has 0 heterocycles. The van der Waals surface area contributed by atoms with Crippen LogP contribution in [0.4, 0.5) is 15.8 Å². The van der Waals surface area contributed by atoms with E-state index in [1.807, 2.05) is 0 Å². The van der Waals surface area contributed by atoms with Crippen molar-refractivity contribution in [2.24, 2.45) is 0 Å². The number of nitrogens with zero attached hydrogens (tertiary/aromatic N) is 1. The molecule has 0 spiro atoms. The van der Waals surface area contributed by atoms with Gasteiger partial charge in [-0.1, -0.05) is 12.1 Å². The number of phenols is 1.